The molecule has 0 saturated heterocycles. The highest BCUT2D eigenvalue weighted by molar-refractivity contribution is 7.99. The van der Waals surface area contributed by atoms with Gasteiger partial charge in [-0.1, -0.05) is 41.6 Å². The summed E-state index contributed by atoms with van der Waals surface area (Å²) in [6.07, 6.45) is 0. The molecule has 0 aliphatic heterocycles. The van der Waals surface area contributed by atoms with Gasteiger partial charge in [-0.05, 0) is 31.2 Å². The van der Waals surface area contributed by atoms with Gasteiger partial charge in [0.1, 0.15) is 0 Å². The molecule has 0 saturated carbocycles. The van der Waals surface area contributed by atoms with Crippen LogP contribution in [0.2, 0.25) is 0 Å². The van der Waals surface area contributed by atoms with Crippen LogP contribution in [0.4, 0.5) is 0 Å². The Hall–Kier alpha value is -2.11. The molecule has 0 aliphatic carbocycles. The van der Waals surface area contributed by atoms with Gasteiger partial charge < -0.3 is 4.48 Å². The normalized spacial score (nSPS) is 11.8. The van der Waals surface area contributed by atoms with Crippen LogP contribution in [-0.2, 0) is 0 Å². The third-order valence-corrected chi connectivity index (χ3v) is 4.95. The lowest BCUT2D eigenvalue weighted by molar-refractivity contribution is -0.867. The fraction of sp³-hybridized carbons (Fsp3) is 0.300. The summed E-state index contributed by atoms with van der Waals surface area (Å²) in [6, 6.07) is 15.6. The standard InChI is InChI=1S/C20H24N3OS/c1-15-9-11-16(12-10-15)22-19(24)17-7-5-6-8-18(17)21-20(22)25-14-13-23(2,3)4/h5-12H,13-14H2,1-4H3/q+1. The molecule has 5 heteroatoms. The van der Waals surface area contributed by atoms with E-state index in [0.717, 1.165) is 33.1 Å². The average Bonchev–Trinajstić information content (AvgIpc) is 2.55. The van der Waals surface area contributed by atoms with E-state index in [9.17, 15) is 4.79 Å². The van der Waals surface area contributed by atoms with E-state index in [1.165, 1.54) is 5.56 Å². The average molecular weight is 354 g/mol. The van der Waals surface area contributed by atoms with Crippen molar-refractivity contribution in [3.63, 3.8) is 0 Å². The molecular formula is C20H24N3OS+. The van der Waals surface area contributed by atoms with E-state index in [4.69, 9.17) is 4.98 Å². The Bertz CT molecular complexity index is 940. The maximum atomic E-state index is 13.1. The minimum Gasteiger partial charge on any atom is -0.330 e. The van der Waals surface area contributed by atoms with Gasteiger partial charge in [0.05, 0.1) is 50.0 Å². The third kappa shape index (κ3) is 4.11. The first-order valence-electron chi connectivity index (χ1n) is 8.37. The minimum absolute atomic E-state index is 0.0119. The van der Waals surface area contributed by atoms with Crippen molar-refractivity contribution in [1.82, 2.24) is 9.55 Å². The van der Waals surface area contributed by atoms with Crippen molar-refractivity contribution in [2.75, 3.05) is 33.4 Å². The molecule has 0 amide bonds. The zero-order valence-electron chi connectivity index (χ0n) is 15.2. The van der Waals surface area contributed by atoms with Crippen LogP contribution in [0.1, 0.15) is 5.56 Å². The first kappa shape index (κ1) is 17.7. The summed E-state index contributed by atoms with van der Waals surface area (Å²) < 4.78 is 2.62. The van der Waals surface area contributed by atoms with Gasteiger partial charge in [0.15, 0.2) is 5.16 Å². The third-order valence-electron chi connectivity index (χ3n) is 4.03. The van der Waals surface area contributed by atoms with Crippen LogP contribution in [0.3, 0.4) is 0 Å². The van der Waals surface area contributed by atoms with Gasteiger partial charge in [-0.15, -0.1) is 0 Å². The zero-order valence-corrected chi connectivity index (χ0v) is 16.0. The van der Waals surface area contributed by atoms with Crippen molar-refractivity contribution < 1.29 is 4.48 Å². The second kappa shape index (κ2) is 7.02. The van der Waals surface area contributed by atoms with Gasteiger partial charge in [-0.25, -0.2) is 4.98 Å². The SMILES string of the molecule is Cc1ccc(-n2c(SCC[N+](C)(C)C)nc3ccccc3c2=O)cc1. The van der Waals surface area contributed by atoms with Crippen molar-refractivity contribution in [3.8, 4) is 5.69 Å². The molecule has 25 heavy (non-hydrogen) atoms. The topological polar surface area (TPSA) is 34.9 Å². The monoisotopic (exact) mass is 354 g/mol. The predicted octanol–water partition coefficient (Wildman–Crippen LogP) is 3.49. The fourth-order valence-corrected chi connectivity index (χ4v) is 3.84. The van der Waals surface area contributed by atoms with Gasteiger partial charge in [0.2, 0.25) is 0 Å². The lowest BCUT2D eigenvalue weighted by Crippen LogP contribution is -2.36. The maximum Gasteiger partial charge on any atom is 0.266 e. The molecule has 3 aromatic rings. The molecule has 130 valence electrons. The van der Waals surface area contributed by atoms with Crippen molar-refractivity contribution >= 4 is 22.7 Å². The number of quaternary nitrogens is 1. The number of para-hydroxylation sites is 1. The number of nitrogens with zero attached hydrogens (tertiary/aromatic N) is 3. The number of aromatic nitrogens is 2. The Balaban J connectivity index is 2.10. The summed E-state index contributed by atoms with van der Waals surface area (Å²) in [5.41, 5.74) is 2.78. The molecule has 4 nitrogen and oxygen atoms in total. The Kier molecular flexibility index (Phi) is 4.97. The summed E-state index contributed by atoms with van der Waals surface area (Å²) in [7, 11) is 6.50. The molecule has 0 fully saturated rings. The number of hydrogen-bond donors (Lipinski definition) is 0. The smallest absolute Gasteiger partial charge is 0.266 e. The van der Waals surface area contributed by atoms with Gasteiger partial charge in [0.25, 0.3) is 5.56 Å². The van der Waals surface area contributed by atoms with Crippen LogP contribution in [0.5, 0.6) is 0 Å². The number of rotatable bonds is 5. The van der Waals surface area contributed by atoms with E-state index in [1.54, 1.807) is 16.3 Å². The van der Waals surface area contributed by atoms with Crippen LogP contribution >= 0.6 is 11.8 Å². The molecule has 3 rings (SSSR count). The van der Waals surface area contributed by atoms with E-state index in [2.05, 4.69) is 21.1 Å². The second-order valence-corrected chi connectivity index (χ2v) is 8.31. The highest BCUT2D eigenvalue weighted by Gasteiger charge is 2.15. The molecule has 0 radical (unpaired) electrons. The number of aryl methyl sites for hydroxylation is 1. The van der Waals surface area contributed by atoms with E-state index in [-0.39, 0.29) is 5.56 Å². The Morgan fingerprint density at radius 3 is 2.40 bits per heavy atom. The molecular weight excluding hydrogens is 330 g/mol. The van der Waals surface area contributed by atoms with Crippen molar-refractivity contribution in [2.24, 2.45) is 0 Å². The molecule has 0 bridgehead atoms. The molecule has 0 aliphatic rings. The van der Waals surface area contributed by atoms with Crippen LogP contribution in [0.15, 0.2) is 58.5 Å². The van der Waals surface area contributed by atoms with Crippen LogP contribution < -0.4 is 5.56 Å². The lowest BCUT2D eigenvalue weighted by Gasteiger charge is -2.23. The van der Waals surface area contributed by atoms with Crippen LogP contribution in [-0.4, -0.2) is 47.5 Å². The largest absolute Gasteiger partial charge is 0.330 e. The quantitative estimate of drug-likeness (QED) is 0.400. The van der Waals surface area contributed by atoms with Gasteiger partial charge in [-0.3, -0.25) is 9.36 Å². The number of hydrogen-bond acceptors (Lipinski definition) is 3. The Labute approximate surface area is 152 Å². The molecule has 1 aromatic heterocycles. The lowest BCUT2D eigenvalue weighted by atomic mass is 10.2. The number of fused-ring (bicyclic) bond motifs is 1. The summed E-state index contributed by atoms with van der Waals surface area (Å²) in [4.78, 5) is 17.9. The molecule has 0 spiro atoms. The summed E-state index contributed by atoms with van der Waals surface area (Å²) in [5, 5.41) is 1.40. The predicted molar refractivity (Wildman–Crippen MR) is 106 cm³/mol. The molecule has 1 heterocycles. The van der Waals surface area contributed by atoms with Crippen LogP contribution in [0, 0.1) is 6.92 Å². The highest BCUT2D eigenvalue weighted by atomic mass is 32.2. The summed E-state index contributed by atoms with van der Waals surface area (Å²) in [5.74, 6) is 0.903. The van der Waals surface area contributed by atoms with E-state index in [1.807, 2.05) is 55.5 Å². The van der Waals surface area contributed by atoms with E-state index < -0.39 is 0 Å². The van der Waals surface area contributed by atoms with E-state index >= 15 is 0 Å². The van der Waals surface area contributed by atoms with E-state index in [0.29, 0.717) is 5.39 Å². The minimum atomic E-state index is -0.0119. The number of benzene rings is 2. The second-order valence-electron chi connectivity index (χ2n) is 7.25. The first-order chi connectivity index (χ1) is 11.8. The molecule has 2 aromatic carbocycles. The maximum absolute atomic E-state index is 13.1. The van der Waals surface area contributed by atoms with Gasteiger partial charge >= 0.3 is 0 Å². The van der Waals surface area contributed by atoms with Gasteiger partial charge in [0, 0.05) is 0 Å². The Morgan fingerprint density at radius 1 is 1.04 bits per heavy atom. The number of thioether (sulfide) groups is 1. The first-order valence-corrected chi connectivity index (χ1v) is 9.36. The van der Waals surface area contributed by atoms with Gasteiger partial charge in [-0.2, -0.15) is 0 Å². The molecule has 0 unspecified atom stereocenters. The fourth-order valence-electron chi connectivity index (χ4n) is 2.54. The summed E-state index contributed by atoms with van der Waals surface area (Å²) in [6.45, 7) is 3.05. The zero-order chi connectivity index (χ0) is 18.0. The highest BCUT2D eigenvalue weighted by Crippen LogP contribution is 2.21. The van der Waals surface area contributed by atoms with Crippen molar-refractivity contribution in [2.45, 2.75) is 12.1 Å². The van der Waals surface area contributed by atoms with Crippen molar-refractivity contribution in [1.29, 1.82) is 0 Å². The molecule has 0 atom stereocenters. The van der Waals surface area contributed by atoms with Crippen LogP contribution in [0.25, 0.3) is 16.6 Å². The Morgan fingerprint density at radius 2 is 1.72 bits per heavy atom. The molecule has 0 N–H and O–H groups in total. The van der Waals surface area contributed by atoms with Crippen molar-refractivity contribution in [3.05, 3.63) is 64.4 Å². The summed E-state index contributed by atoms with van der Waals surface area (Å²) >= 11 is 1.64.